The van der Waals surface area contributed by atoms with Crippen molar-refractivity contribution in [2.75, 3.05) is 20.8 Å². The van der Waals surface area contributed by atoms with Crippen LogP contribution in [0.25, 0.3) is 10.2 Å². The van der Waals surface area contributed by atoms with Gasteiger partial charge >= 0.3 is 11.8 Å². The Hall–Kier alpha value is -2.21. The number of carbonyl (C=O) groups is 1. The minimum absolute atomic E-state index is 0.0664. The summed E-state index contributed by atoms with van der Waals surface area (Å²) in [4.78, 5) is 39.9. The minimum Gasteiger partial charge on any atom is -0.443 e. The summed E-state index contributed by atoms with van der Waals surface area (Å²) in [6, 6.07) is -0.173. The van der Waals surface area contributed by atoms with Crippen molar-refractivity contribution in [3.8, 4) is 0 Å². The number of aromatic nitrogens is 2. The molecule has 0 saturated heterocycles. The summed E-state index contributed by atoms with van der Waals surface area (Å²) in [7, 11) is 3.21. The van der Waals surface area contributed by atoms with Crippen molar-refractivity contribution in [3.63, 3.8) is 0 Å². The van der Waals surface area contributed by atoms with Crippen LogP contribution in [0.5, 0.6) is 0 Å². The number of hydrogen-bond acceptors (Lipinski definition) is 8. The molecule has 1 aliphatic carbocycles. The number of carbonyl (C=O) groups excluding carboxylic acids is 1. The van der Waals surface area contributed by atoms with Crippen molar-refractivity contribution in [1.29, 1.82) is 0 Å². The van der Waals surface area contributed by atoms with Crippen LogP contribution < -0.4 is 22.1 Å². The lowest BCUT2D eigenvalue weighted by molar-refractivity contribution is 0.00357. The van der Waals surface area contributed by atoms with Crippen molar-refractivity contribution >= 4 is 27.6 Å². The topological polar surface area (TPSA) is 113 Å². The molecule has 1 saturated carbocycles. The Morgan fingerprint density at radius 3 is 2.50 bits per heavy atom. The lowest BCUT2D eigenvalue weighted by Gasteiger charge is -2.35. The highest BCUT2D eigenvalue weighted by molar-refractivity contribution is 7.18. The number of methoxy groups -OCH3 is 2. The number of nitrogens with zero attached hydrogens (tertiary/aromatic N) is 2. The van der Waals surface area contributed by atoms with Gasteiger partial charge in [0, 0.05) is 31.7 Å². The van der Waals surface area contributed by atoms with Crippen molar-refractivity contribution in [2.24, 2.45) is 0 Å². The van der Waals surface area contributed by atoms with Gasteiger partial charge in [0.2, 0.25) is 0 Å². The van der Waals surface area contributed by atoms with Gasteiger partial charge < -0.3 is 14.2 Å². The Labute approximate surface area is 190 Å². The van der Waals surface area contributed by atoms with Gasteiger partial charge in [-0.05, 0) is 46.1 Å². The zero-order valence-electron chi connectivity index (χ0n) is 19.4. The Bertz CT molecular complexity index is 1090. The van der Waals surface area contributed by atoms with Crippen molar-refractivity contribution in [3.05, 3.63) is 31.3 Å². The molecule has 1 amide bonds. The highest BCUT2D eigenvalue weighted by Crippen LogP contribution is 2.34. The van der Waals surface area contributed by atoms with E-state index in [1.807, 2.05) is 6.92 Å². The van der Waals surface area contributed by atoms with E-state index in [1.165, 1.54) is 15.9 Å². The van der Waals surface area contributed by atoms with Crippen LogP contribution in [-0.4, -0.2) is 47.8 Å². The summed E-state index contributed by atoms with van der Waals surface area (Å²) in [5.74, 6) is 0. The molecule has 178 valence electrons. The fourth-order valence-electron chi connectivity index (χ4n) is 3.72. The quantitative estimate of drug-likeness (QED) is 0.570. The Morgan fingerprint density at radius 2 is 1.91 bits per heavy atom. The van der Waals surface area contributed by atoms with Crippen LogP contribution in [0, 0.1) is 6.92 Å². The molecule has 0 bridgehead atoms. The number of ether oxygens (including phenoxy) is 3. The molecule has 0 atom stereocenters. The largest absolute Gasteiger partial charge is 0.443 e. The maximum absolute atomic E-state index is 13.4. The third kappa shape index (κ3) is 5.06. The predicted octanol–water partition coefficient (Wildman–Crippen LogP) is 2.06. The molecule has 2 N–H and O–H groups in total. The molecule has 3 rings (SSSR count). The Kier molecular flexibility index (Phi) is 7.43. The molecular formula is C21H32N4O6S. The smallest absolute Gasteiger partial charge is 0.422 e. The summed E-state index contributed by atoms with van der Waals surface area (Å²) in [6.45, 7) is 8.19. The molecule has 2 aromatic heterocycles. The van der Waals surface area contributed by atoms with E-state index < -0.39 is 11.7 Å². The van der Waals surface area contributed by atoms with Crippen molar-refractivity contribution < 1.29 is 19.0 Å². The molecule has 10 nitrogen and oxygen atoms in total. The zero-order chi connectivity index (χ0) is 23.6. The van der Waals surface area contributed by atoms with E-state index in [-0.39, 0.29) is 29.9 Å². The molecule has 0 aliphatic heterocycles. The molecule has 0 unspecified atom stereocenters. The standard InChI is InChI=1S/C21H32N4O6S/c1-12-15(11-22-23-19(27)31-21(2,3)4)32-18-16(12)17(26)25(13-9-14(10-13)30-6)20(28)24(18)7-8-29-5/h13-14,22H,7-11H2,1-6H3,(H,23,27)/t13-,14+. The molecular weight excluding hydrogens is 436 g/mol. The van der Waals surface area contributed by atoms with Crippen LogP contribution in [0.4, 0.5) is 4.79 Å². The number of hydrogen-bond donors (Lipinski definition) is 2. The number of rotatable bonds is 8. The monoisotopic (exact) mass is 468 g/mol. The van der Waals surface area contributed by atoms with E-state index in [2.05, 4.69) is 10.9 Å². The Morgan fingerprint density at radius 1 is 1.22 bits per heavy atom. The first-order valence-electron chi connectivity index (χ1n) is 10.6. The third-order valence-electron chi connectivity index (χ3n) is 5.47. The molecule has 11 heteroatoms. The summed E-state index contributed by atoms with van der Waals surface area (Å²) >= 11 is 1.36. The van der Waals surface area contributed by atoms with Crippen LogP contribution in [0.2, 0.25) is 0 Å². The maximum Gasteiger partial charge on any atom is 0.422 e. The van der Waals surface area contributed by atoms with Crippen LogP contribution >= 0.6 is 11.3 Å². The van der Waals surface area contributed by atoms with Gasteiger partial charge in [-0.25, -0.2) is 15.0 Å². The van der Waals surface area contributed by atoms with E-state index in [0.29, 0.717) is 36.2 Å². The van der Waals surface area contributed by atoms with Crippen LogP contribution in [0.1, 0.15) is 50.1 Å². The van der Waals surface area contributed by atoms with E-state index in [9.17, 15) is 14.4 Å². The molecule has 0 spiro atoms. The van der Waals surface area contributed by atoms with Gasteiger partial charge in [0.05, 0.1) is 24.6 Å². The van der Waals surface area contributed by atoms with Gasteiger partial charge in [-0.1, -0.05) is 0 Å². The number of thiophene rings is 1. The van der Waals surface area contributed by atoms with Gasteiger partial charge in [-0.3, -0.25) is 19.4 Å². The molecule has 0 aromatic carbocycles. The second-order valence-electron chi connectivity index (χ2n) is 8.90. The first-order chi connectivity index (χ1) is 15.1. The minimum atomic E-state index is -0.606. The maximum atomic E-state index is 13.4. The lowest BCUT2D eigenvalue weighted by Crippen LogP contribution is -2.47. The van der Waals surface area contributed by atoms with E-state index in [0.717, 1.165) is 10.4 Å². The van der Waals surface area contributed by atoms with Crippen molar-refractivity contribution in [2.45, 2.75) is 71.4 Å². The van der Waals surface area contributed by atoms with Gasteiger partial charge in [0.25, 0.3) is 5.56 Å². The molecule has 1 aliphatic rings. The van der Waals surface area contributed by atoms with E-state index in [1.54, 1.807) is 39.6 Å². The third-order valence-corrected chi connectivity index (χ3v) is 6.78. The fraction of sp³-hybridized carbons (Fsp3) is 0.667. The van der Waals surface area contributed by atoms with Gasteiger partial charge in [0.1, 0.15) is 10.4 Å². The lowest BCUT2D eigenvalue weighted by atomic mass is 9.89. The predicted molar refractivity (Wildman–Crippen MR) is 122 cm³/mol. The zero-order valence-corrected chi connectivity index (χ0v) is 20.3. The average Bonchev–Trinajstić information content (AvgIpc) is 2.98. The van der Waals surface area contributed by atoms with Crippen LogP contribution in [0.3, 0.4) is 0 Å². The van der Waals surface area contributed by atoms with E-state index >= 15 is 0 Å². The van der Waals surface area contributed by atoms with E-state index in [4.69, 9.17) is 14.2 Å². The van der Waals surface area contributed by atoms with Crippen LogP contribution in [0.15, 0.2) is 9.59 Å². The number of fused-ring (bicyclic) bond motifs is 1. The van der Waals surface area contributed by atoms with Gasteiger partial charge in [-0.15, -0.1) is 11.3 Å². The number of hydrazine groups is 1. The molecule has 1 fully saturated rings. The highest BCUT2D eigenvalue weighted by Gasteiger charge is 2.34. The first kappa shape index (κ1) is 24.4. The number of aryl methyl sites for hydroxylation is 1. The normalized spacial score (nSPS) is 18.6. The summed E-state index contributed by atoms with van der Waals surface area (Å²) in [5, 5.41) is 0.528. The number of amides is 1. The fourth-order valence-corrected chi connectivity index (χ4v) is 4.98. The highest BCUT2D eigenvalue weighted by atomic mass is 32.1. The average molecular weight is 469 g/mol. The second kappa shape index (κ2) is 9.74. The van der Waals surface area contributed by atoms with Gasteiger partial charge in [-0.2, -0.15) is 0 Å². The molecule has 32 heavy (non-hydrogen) atoms. The molecule has 0 radical (unpaired) electrons. The Balaban J connectivity index is 1.93. The molecule has 2 heterocycles. The summed E-state index contributed by atoms with van der Waals surface area (Å²) in [6.07, 6.45) is 0.752. The van der Waals surface area contributed by atoms with Gasteiger partial charge in [0.15, 0.2) is 0 Å². The number of nitrogens with one attached hydrogen (secondary N) is 2. The summed E-state index contributed by atoms with van der Waals surface area (Å²) in [5.41, 5.74) is 4.92. The summed E-state index contributed by atoms with van der Waals surface area (Å²) < 4.78 is 18.7. The molecule has 2 aromatic rings. The van der Waals surface area contributed by atoms with Crippen LogP contribution in [-0.2, 0) is 27.3 Å². The SMILES string of the molecule is COCCn1c(=O)n([C@H]2C[C@@H](OC)C2)c(=O)c2c(C)c(CNNC(=O)OC(C)(C)C)sc21. The van der Waals surface area contributed by atoms with Crippen molar-refractivity contribution in [1.82, 2.24) is 20.0 Å². The second-order valence-corrected chi connectivity index (χ2v) is 9.98. The first-order valence-corrected chi connectivity index (χ1v) is 11.4.